The van der Waals surface area contributed by atoms with Gasteiger partial charge in [-0.3, -0.25) is 0 Å². The van der Waals surface area contributed by atoms with Crippen LogP contribution in [0.4, 0.5) is 0 Å². The third kappa shape index (κ3) is 1.33. The molecule has 0 N–H and O–H groups in total. The zero-order valence-corrected chi connectivity index (χ0v) is 5.50. The van der Waals surface area contributed by atoms with E-state index < -0.39 is 0 Å². The van der Waals surface area contributed by atoms with Crippen molar-refractivity contribution in [2.45, 2.75) is 13.0 Å². The molecule has 1 aliphatic rings. The van der Waals surface area contributed by atoms with E-state index in [4.69, 9.17) is 10.00 Å². The first kappa shape index (κ1) is 6.37. The van der Waals surface area contributed by atoms with Crippen LogP contribution in [-0.2, 0) is 4.74 Å². The lowest BCUT2D eigenvalue weighted by molar-refractivity contribution is 0.0272. The Morgan fingerprint density at radius 3 is 3.00 bits per heavy atom. The molecule has 1 atom stereocenters. The van der Waals surface area contributed by atoms with Crippen molar-refractivity contribution in [2.75, 3.05) is 19.8 Å². The van der Waals surface area contributed by atoms with Gasteiger partial charge in [-0.2, -0.15) is 5.26 Å². The lowest BCUT2D eigenvalue weighted by Crippen LogP contribution is -2.40. The second-order valence-electron chi connectivity index (χ2n) is 2.22. The smallest absolute Gasteiger partial charge is 0.179 e. The fourth-order valence-corrected chi connectivity index (χ4v) is 0.876. The molecule has 3 heteroatoms. The van der Waals surface area contributed by atoms with E-state index in [2.05, 4.69) is 6.19 Å². The van der Waals surface area contributed by atoms with Gasteiger partial charge in [-0.05, 0) is 6.92 Å². The largest absolute Gasteiger partial charge is 0.377 e. The molecule has 1 saturated heterocycles. The van der Waals surface area contributed by atoms with Crippen molar-refractivity contribution in [3.8, 4) is 6.19 Å². The highest BCUT2D eigenvalue weighted by Crippen LogP contribution is 2.02. The molecule has 0 aromatic heterocycles. The zero-order chi connectivity index (χ0) is 6.69. The second kappa shape index (κ2) is 2.70. The molecule has 50 valence electrons. The summed E-state index contributed by atoms with van der Waals surface area (Å²) < 4.78 is 5.12. The minimum absolute atomic E-state index is 0.267. The first-order valence-electron chi connectivity index (χ1n) is 3.08. The number of morpholine rings is 1. The molecule has 3 nitrogen and oxygen atoms in total. The topological polar surface area (TPSA) is 36.3 Å². The van der Waals surface area contributed by atoms with Crippen LogP contribution >= 0.6 is 0 Å². The van der Waals surface area contributed by atoms with Crippen molar-refractivity contribution >= 4 is 0 Å². The summed E-state index contributed by atoms with van der Waals surface area (Å²) in [4.78, 5) is 1.74. The summed E-state index contributed by atoms with van der Waals surface area (Å²) in [5, 5.41) is 8.48. The Morgan fingerprint density at radius 2 is 2.56 bits per heavy atom. The summed E-state index contributed by atoms with van der Waals surface area (Å²) in [6.45, 7) is 4.12. The van der Waals surface area contributed by atoms with Crippen molar-refractivity contribution in [2.24, 2.45) is 0 Å². The minimum Gasteiger partial charge on any atom is -0.377 e. The van der Waals surface area contributed by atoms with Crippen LogP contribution < -0.4 is 0 Å². The van der Waals surface area contributed by atoms with Gasteiger partial charge < -0.3 is 9.64 Å². The van der Waals surface area contributed by atoms with Crippen molar-refractivity contribution < 1.29 is 4.74 Å². The standard InChI is InChI=1S/C6H10N2O/c1-6-4-9-3-2-8(6)5-7/h6H,2-4H2,1H3. The summed E-state index contributed by atoms with van der Waals surface area (Å²) in [6.07, 6.45) is 2.11. The predicted molar refractivity (Wildman–Crippen MR) is 32.6 cm³/mol. The summed E-state index contributed by atoms with van der Waals surface area (Å²) in [6, 6.07) is 0.267. The molecule has 0 amide bonds. The lowest BCUT2D eigenvalue weighted by Gasteiger charge is -2.27. The molecule has 1 fully saturated rings. The molecule has 1 aliphatic heterocycles. The Morgan fingerprint density at radius 1 is 1.78 bits per heavy atom. The van der Waals surface area contributed by atoms with Crippen molar-refractivity contribution in [3.63, 3.8) is 0 Å². The summed E-state index contributed by atoms with van der Waals surface area (Å²) in [5.74, 6) is 0. The predicted octanol–water partition coefficient (Wildman–Crippen LogP) is 0.188. The van der Waals surface area contributed by atoms with Crippen LogP contribution in [0.25, 0.3) is 0 Å². The van der Waals surface area contributed by atoms with E-state index in [0.717, 1.165) is 6.54 Å². The molecule has 9 heavy (non-hydrogen) atoms. The number of hydrogen-bond donors (Lipinski definition) is 0. The van der Waals surface area contributed by atoms with Crippen LogP contribution in [0, 0.1) is 11.5 Å². The molecular weight excluding hydrogens is 116 g/mol. The first-order valence-corrected chi connectivity index (χ1v) is 3.08. The fourth-order valence-electron chi connectivity index (χ4n) is 0.876. The first-order chi connectivity index (χ1) is 4.34. The van der Waals surface area contributed by atoms with Crippen LogP contribution in [0.15, 0.2) is 0 Å². The quantitative estimate of drug-likeness (QED) is 0.435. The van der Waals surface area contributed by atoms with Crippen molar-refractivity contribution in [1.29, 1.82) is 5.26 Å². The van der Waals surface area contributed by atoms with Gasteiger partial charge in [-0.25, -0.2) is 0 Å². The van der Waals surface area contributed by atoms with Crippen LogP contribution in [0.1, 0.15) is 6.92 Å². The van der Waals surface area contributed by atoms with E-state index in [-0.39, 0.29) is 6.04 Å². The highest BCUT2D eigenvalue weighted by atomic mass is 16.5. The van der Waals surface area contributed by atoms with Gasteiger partial charge in [0.15, 0.2) is 6.19 Å². The van der Waals surface area contributed by atoms with Crippen LogP contribution in [-0.4, -0.2) is 30.7 Å². The zero-order valence-electron chi connectivity index (χ0n) is 5.50. The molecule has 0 spiro atoms. The number of nitriles is 1. The van der Waals surface area contributed by atoms with Crippen molar-refractivity contribution in [1.82, 2.24) is 4.90 Å². The Balaban J connectivity index is 2.41. The normalized spacial score (nSPS) is 27.6. The van der Waals surface area contributed by atoms with Gasteiger partial charge in [-0.15, -0.1) is 0 Å². The van der Waals surface area contributed by atoms with Gasteiger partial charge in [0.25, 0.3) is 0 Å². The van der Waals surface area contributed by atoms with E-state index in [0.29, 0.717) is 13.2 Å². The van der Waals surface area contributed by atoms with Gasteiger partial charge in [0.05, 0.1) is 25.8 Å². The Hall–Kier alpha value is -0.750. The SMILES string of the molecule is CC1COCCN1C#N. The van der Waals surface area contributed by atoms with E-state index in [9.17, 15) is 0 Å². The maximum Gasteiger partial charge on any atom is 0.179 e. The van der Waals surface area contributed by atoms with Gasteiger partial charge in [0.2, 0.25) is 0 Å². The monoisotopic (exact) mass is 126 g/mol. The number of rotatable bonds is 0. The van der Waals surface area contributed by atoms with Gasteiger partial charge in [0.1, 0.15) is 0 Å². The number of ether oxygens (including phenoxy) is 1. The highest BCUT2D eigenvalue weighted by Gasteiger charge is 2.15. The van der Waals surface area contributed by atoms with Crippen LogP contribution in [0.5, 0.6) is 0 Å². The van der Waals surface area contributed by atoms with Crippen molar-refractivity contribution in [3.05, 3.63) is 0 Å². The molecule has 0 saturated carbocycles. The second-order valence-corrected chi connectivity index (χ2v) is 2.22. The average molecular weight is 126 g/mol. The number of hydrogen-bond acceptors (Lipinski definition) is 3. The molecule has 1 rings (SSSR count). The van der Waals surface area contributed by atoms with E-state index in [1.54, 1.807) is 4.90 Å². The summed E-state index contributed by atoms with van der Waals surface area (Å²) in [5.41, 5.74) is 0. The van der Waals surface area contributed by atoms with E-state index >= 15 is 0 Å². The molecule has 0 radical (unpaired) electrons. The Labute approximate surface area is 54.8 Å². The maximum atomic E-state index is 8.48. The molecule has 0 aromatic rings. The molecule has 1 heterocycles. The maximum absolute atomic E-state index is 8.48. The van der Waals surface area contributed by atoms with E-state index in [1.165, 1.54) is 0 Å². The highest BCUT2D eigenvalue weighted by molar-refractivity contribution is 4.81. The van der Waals surface area contributed by atoms with Crippen LogP contribution in [0.3, 0.4) is 0 Å². The minimum atomic E-state index is 0.267. The third-order valence-corrected chi connectivity index (χ3v) is 1.50. The molecular formula is C6H10N2O. The molecule has 1 unspecified atom stereocenters. The van der Waals surface area contributed by atoms with Gasteiger partial charge in [-0.1, -0.05) is 0 Å². The van der Waals surface area contributed by atoms with E-state index in [1.807, 2.05) is 6.92 Å². The Bertz CT molecular complexity index is 130. The average Bonchev–Trinajstić information content (AvgIpc) is 1.89. The van der Waals surface area contributed by atoms with Gasteiger partial charge in [0, 0.05) is 0 Å². The molecule has 0 aromatic carbocycles. The fraction of sp³-hybridized carbons (Fsp3) is 0.833. The Kier molecular flexibility index (Phi) is 1.91. The summed E-state index contributed by atoms with van der Waals surface area (Å²) >= 11 is 0. The third-order valence-electron chi connectivity index (χ3n) is 1.50. The van der Waals surface area contributed by atoms with Crippen LogP contribution in [0.2, 0.25) is 0 Å². The molecule has 0 bridgehead atoms. The molecule has 0 aliphatic carbocycles. The lowest BCUT2D eigenvalue weighted by atomic mass is 10.3. The summed E-state index contributed by atoms with van der Waals surface area (Å²) in [7, 11) is 0. The van der Waals surface area contributed by atoms with Gasteiger partial charge >= 0.3 is 0 Å². The number of nitrogens with zero attached hydrogens (tertiary/aromatic N) is 2.